The molecule has 4 heteroatoms. The number of H-pyrrole nitrogens is 1. The van der Waals surface area contributed by atoms with E-state index in [1.165, 1.54) is 0 Å². The maximum absolute atomic E-state index is 10.5. The molecule has 0 aliphatic rings. The van der Waals surface area contributed by atoms with E-state index in [0.29, 0.717) is 10.7 Å². The van der Waals surface area contributed by atoms with Crippen molar-refractivity contribution >= 4 is 47.3 Å². The van der Waals surface area contributed by atoms with Crippen LogP contribution >= 0.6 is 11.6 Å². The zero-order valence-corrected chi connectivity index (χ0v) is 10.5. The van der Waals surface area contributed by atoms with Gasteiger partial charge in [-0.2, -0.15) is 0 Å². The van der Waals surface area contributed by atoms with Gasteiger partial charge in [0.1, 0.15) is 0 Å². The van der Waals surface area contributed by atoms with Crippen molar-refractivity contribution in [3.05, 3.63) is 29.6 Å². The van der Waals surface area contributed by atoms with Gasteiger partial charge >= 0.3 is 90.8 Å². The van der Waals surface area contributed by atoms with E-state index in [1.54, 1.807) is 0 Å². The summed E-state index contributed by atoms with van der Waals surface area (Å²) in [4.78, 5) is 13.5. The summed E-state index contributed by atoms with van der Waals surface area (Å²) in [5.74, 6) is 0. The first-order chi connectivity index (χ1) is 5.69. The van der Waals surface area contributed by atoms with Crippen LogP contribution < -0.4 is 0 Å². The van der Waals surface area contributed by atoms with Gasteiger partial charge in [0.15, 0.2) is 0 Å². The zero-order chi connectivity index (χ0) is 9.14. The number of rotatable bonds is 3. The summed E-state index contributed by atoms with van der Waals surface area (Å²) in [5.41, 5.74) is 2.30. The van der Waals surface area contributed by atoms with Crippen molar-refractivity contribution in [3.8, 4) is 0 Å². The number of aldehydes is 1. The van der Waals surface area contributed by atoms with Crippen LogP contribution in [0.4, 0.5) is 0 Å². The standard InChI is InChI=1S/C8H7ClNO.In/c1-5-3-7(6(2)9)8(4-11)10-5;/h3-4,10H,1-2H2;. The summed E-state index contributed by atoms with van der Waals surface area (Å²) in [7, 11) is 0. The number of aromatic amines is 1. The molecule has 1 rings (SSSR count). The Morgan fingerprint density at radius 2 is 2.50 bits per heavy atom. The van der Waals surface area contributed by atoms with E-state index in [0.717, 1.165) is 46.1 Å². The minimum absolute atomic E-state index is 0.411. The summed E-state index contributed by atoms with van der Waals surface area (Å²) in [6, 6.07) is 1.88. The van der Waals surface area contributed by atoms with Gasteiger partial charge in [-0.25, -0.2) is 0 Å². The second kappa shape index (κ2) is 4.19. The van der Waals surface area contributed by atoms with E-state index < -0.39 is 0 Å². The van der Waals surface area contributed by atoms with Crippen LogP contribution in [0.3, 0.4) is 0 Å². The van der Waals surface area contributed by atoms with Crippen molar-refractivity contribution in [3.63, 3.8) is 0 Å². The Kier molecular flexibility index (Phi) is 3.47. The fraction of sp³-hybridized carbons (Fsp3) is 0.125. The van der Waals surface area contributed by atoms with Crippen molar-refractivity contribution in [1.29, 1.82) is 0 Å². The SMILES string of the molecule is C=C(Cl)c1cc([CH2][In])[nH]c1C=O. The average Bonchev–Trinajstić information content (AvgIpc) is 2.47. The first kappa shape index (κ1) is 9.93. The fourth-order valence-corrected chi connectivity index (χ4v) is 1.74. The van der Waals surface area contributed by atoms with Crippen LogP contribution in [0.25, 0.3) is 5.03 Å². The van der Waals surface area contributed by atoms with Gasteiger partial charge in [0.25, 0.3) is 0 Å². The number of hydrogen-bond donors (Lipinski definition) is 1. The molecule has 60 valence electrons. The topological polar surface area (TPSA) is 32.9 Å². The van der Waals surface area contributed by atoms with Gasteiger partial charge in [0.2, 0.25) is 0 Å². The molecule has 0 saturated carbocycles. The summed E-state index contributed by atoms with van der Waals surface area (Å²) in [6.45, 7) is 3.58. The summed E-state index contributed by atoms with van der Waals surface area (Å²) >= 11 is 6.82. The molecule has 1 heterocycles. The molecular weight excluding hydrogens is 276 g/mol. The molecule has 0 aliphatic heterocycles. The minimum atomic E-state index is 0.411. The third kappa shape index (κ3) is 1.96. The van der Waals surface area contributed by atoms with Crippen LogP contribution in [-0.4, -0.2) is 35.6 Å². The predicted octanol–water partition coefficient (Wildman–Crippen LogP) is 1.71. The monoisotopic (exact) mass is 283 g/mol. The molecule has 1 aromatic rings. The fourth-order valence-electron chi connectivity index (χ4n) is 0.956. The quantitative estimate of drug-likeness (QED) is 0.842. The molecule has 0 bridgehead atoms. The maximum atomic E-state index is 10.5. The number of halogens is 1. The molecule has 0 atom stereocenters. The molecule has 2 nitrogen and oxygen atoms in total. The van der Waals surface area contributed by atoms with Crippen molar-refractivity contribution in [2.75, 3.05) is 0 Å². The van der Waals surface area contributed by atoms with E-state index in [1.807, 2.05) is 6.07 Å². The normalized spacial score (nSPS) is 9.75. The van der Waals surface area contributed by atoms with Crippen molar-refractivity contribution < 1.29 is 4.79 Å². The first-order valence-corrected chi connectivity index (χ1v) is 6.11. The van der Waals surface area contributed by atoms with Crippen LogP contribution in [0.2, 0.25) is 0 Å². The number of carbonyl (C=O) groups is 1. The van der Waals surface area contributed by atoms with Crippen LogP contribution in [0.1, 0.15) is 21.7 Å². The van der Waals surface area contributed by atoms with Crippen molar-refractivity contribution in [2.45, 2.75) is 4.18 Å². The predicted molar refractivity (Wildman–Crippen MR) is 50.5 cm³/mol. The van der Waals surface area contributed by atoms with Crippen LogP contribution in [-0.2, 0) is 4.18 Å². The molecule has 0 unspecified atom stereocenters. The van der Waals surface area contributed by atoms with Crippen molar-refractivity contribution in [2.24, 2.45) is 0 Å². The number of hydrogen-bond acceptors (Lipinski definition) is 1. The van der Waals surface area contributed by atoms with E-state index in [2.05, 4.69) is 11.6 Å². The van der Waals surface area contributed by atoms with Crippen molar-refractivity contribution in [1.82, 2.24) is 4.98 Å². The second-order valence-electron chi connectivity index (χ2n) is 2.35. The molecular formula is C8H7ClInNO. The zero-order valence-electron chi connectivity index (χ0n) is 6.43. The third-order valence-corrected chi connectivity index (χ3v) is 2.99. The van der Waals surface area contributed by atoms with Crippen LogP contribution in [0, 0.1) is 0 Å². The molecule has 0 saturated heterocycles. The molecule has 12 heavy (non-hydrogen) atoms. The van der Waals surface area contributed by atoms with E-state index in [9.17, 15) is 4.79 Å². The molecule has 0 aromatic carbocycles. The van der Waals surface area contributed by atoms with Gasteiger partial charge in [-0.3, -0.25) is 0 Å². The summed E-state index contributed by atoms with van der Waals surface area (Å²) < 4.78 is 0.982. The van der Waals surface area contributed by atoms with Gasteiger partial charge in [-0.05, 0) is 0 Å². The van der Waals surface area contributed by atoms with E-state index in [4.69, 9.17) is 11.6 Å². The Morgan fingerprint density at radius 1 is 1.83 bits per heavy atom. The second-order valence-corrected chi connectivity index (χ2v) is 3.97. The van der Waals surface area contributed by atoms with Gasteiger partial charge in [-0.1, -0.05) is 0 Å². The number of aromatic nitrogens is 1. The molecule has 0 fully saturated rings. The molecule has 2 radical (unpaired) electrons. The van der Waals surface area contributed by atoms with Gasteiger partial charge in [-0.15, -0.1) is 0 Å². The van der Waals surface area contributed by atoms with Gasteiger partial charge < -0.3 is 0 Å². The number of carbonyl (C=O) groups excluding carboxylic acids is 1. The van der Waals surface area contributed by atoms with Gasteiger partial charge in [0, 0.05) is 0 Å². The summed E-state index contributed by atoms with van der Waals surface area (Å²) in [6.07, 6.45) is 0.766. The molecule has 0 amide bonds. The number of nitrogens with one attached hydrogen (secondary N) is 1. The average molecular weight is 283 g/mol. The Balaban J connectivity index is 3.16. The van der Waals surface area contributed by atoms with E-state index >= 15 is 0 Å². The van der Waals surface area contributed by atoms with Crippen LogP contribution in [0.15, 0.2) is 12.6 Å². The molecule has 0 aliphatic carbocycles. The summed E-state index contributed by atoms with van der Waals surface area (Å²) in [5, 5.41) is 0.411. The van der Waals surface area contributed by atoms with E-state index in [-0.39, 0.29) is 0 Å². The molecule has 1 aromatic heterocycles. The Bertz CT molecular complexity index is 319. The molecule has 1 N–H and O–H groups in total. The van der Waals surface area contributed by atoms with Crippen LogP contribution in [0.5, 0.6) is 0 Å². The third-order valence-electron chi connectivity index (χ3n) is 1.53. The first-order valence-electron chi connectivity index (χ1n) is 3.41. The van der Waals surface area contributed by atoms with Gasteiger partial charge in [0.05, 0.1) is 0 Å². The molecule has 0 spiro atoms. The Morgan fingerprint density at radius 3 is 2.83 bits per heavy atom. The Hall–Kier alpha value is -0.150. The Labute approximate surface area is 90.6 Å².